The molecule has 24 heteroatoms. The molecular weight excluding hydrogens is 1230 g/mol. The van der Waals surface area contributed by atoms with E-state index in [1.807, 2.05) is 20.8 Å². The van der Waals surface area contributed by atoms with E-state index in [1.165, 1.54) is 0 Å². The van der Waals surface area contributed by atoms with E-state index in [9.17, 15) is 74.7 Å². The fourth-order valence-corrected chi connectivity index (χ4v) is 13.4. The Kier molecular flexibility index (Phi) is 45.6. The third kappa shape index (κ3) is 35.8. The number of ether oxygens (including phenoxy) is 6. The van der Waals surface area contributed by atoms with Crippen molar-refractivity contribution in [1.82, 2.24) is 16.0 Å². The Morgan fingerprint density at radius 3 is 1.03 bits per heavy atom. The van der Waals surface area contributed by atoms with E-state index in [1.54, 1.807) is 0 Å². The molecule has 3 rings (SSSR count). The van der Waals surface area contributed by atoms with Gasteiger partial charge in [-0.2, -0.15) is 0 Å². The number of Topliss-reactive ketones (excluding diaryl/α,β-unsaturated/α-hetero) is 1. The van der Waals surface area contributed by atoms with Crippen LogP contribution in [0.3, 0.4) is 0 Å². The minimum atomic E-state index is -0.976. The molecule has 95 heavy (non-hydrogen) atoms. The van der Waals surface area contributed by atoms with Gasteiger partial charge in [0, 0.05) is 133 Å². The average molecular weight is 1360 g/mol. The van der Waals surface area contributed by atoms with Crippen LogP contribution in [0.1, 0.15) is 240 Å². The van der Waals surface area contributed by atoms with Crippen LogP contribution in [-0.4, -0.2) is 216 Å². The van der Waals surface area contributed by atoms with Crippen molar-refractivity contribution in [3.05, 3.63) is 0 Å². The number of rotatable bonds is 54. The number of ketones is 1. The summed E-state index contributed by atoms with van der Waals surface area (Å²) in [5.41, 5.74) is -0.192. The van der Waals surface area contributed by atoms with E-state index < -0.39 is 60.5 Å². The smallest absolute Gasteiger partial charge is 0.407 e. The predicted octanol–water partition coefficient (Wildman–Crippen LogP) is 6.58. The fourth-order valence-electron chi connectivity index (χ4n) is 13.4. The van der Waals surface area contributed by atoms with Gasteiger partial charge in [-0.25, -0.2) is 4.79 Å². The van der Waals surface area contributed by atoms with Crippen LogP contribution >= 0.6 is 0 Å². The molecule has 0 spiro atoms. The highest BCUT2D eigenvalue weighted by Crippen LogP contribution is 2.36. The van der Waals surface area contributed by atoms with Crippen molar-refractivity contribution in [2.24, 2.45) is 40.9 Å². The van der Waals surface area contributed by atoms with E-state index in [2.05, 4.69) is 22.9 Å². The Labute approximate surface area is 567 Å². The molecule has 0 aliphatic heterocycles. The number of aliphatic hydroxyl groups excluding tert-OH is 9. The van der Waals surface area contributed by atoms with Gasteiger partial charge in [0.15, 0.2) is 0 Å². The Bertz CT molecular complexity index is 1850. The van der Waals surface area contributed by atoms with Gasteiger partial charge in [-0.05, 0) is 121 Å². The molecule has 12 N–H and O–H groups in total. The van der Waals surface area contributed by atoms with Gasteiger partial charge in [0.2, 0.25) is 11.8 Å². The summed E-state index contributed by atoms with van der Waals surface area (Å²) in [4.78, 5) is 75.2. The summed E-state index contributed by atoms with van der Waals surface area (Å²) >= 11 is 0. The maximum absolute atomic E-state index is 12.7. The van der Waals surface area contributed by atoms with E-state index in [4.69, 9.17) is 28.4 Å². The normalized spacial score (nSPS) is 26.7. The van der Waals surface area contributed by atoms with E-state index in [0.717, 1.165) is 103 Å². The minimum Gasteiger partial charge on any atom is -0.466 e. The monoisotopic (exact) mass is 1360 g/mol. The molecule has 3 fully saturated rings. The number of carbonyl (C=O) groups is 6. The third-order valence-corrected chi connectivity index (χ3v) is 20.1. The molecule has 0 saturated heterocycles. The Morgan fingerprint density at radius 2 is 0.663 bits per heavy atom. The van der Waals surface area contributed by atoms with Crippen LogP contribution in [0.5, 0.6) is 0 Å². The van der Waals surface area contributed by atoms with E-state index in [0.29, 0.717) is 149 Å². The summed E-state index contributed by atoms with van der Waals surface area (Å²) < 4.78 is 34.6. The second-order valence-corrected chi connectivity index (χ2v) is 28.0. The minimum absolute atomic E-state index is 0.0542. The van der Waals surface area contributed by atoms with Crippen molar-refractivity contribution in [2.75, 3.05) is 79.1 Å². The molecule has 0 aromatic carbocycles. The molecule has 3 aliphatic carbocycles. The highest BCUT2D eigenvalue weighted by atomic mass is 16.6. The lowest BCUT2D eigenvalue weighted by molar-refractivity contribution is -0.144. The zero-order chi connectivity index (χ0) is 69.8. The molecular formula is C71H129N3O21. The van der Waals surface area contributed by atoms with Crippen LogP contribution in [0.2, 0.25) is 0 Å². The van der Waals surface area contributed by atoms with Crippen molar-refractivity contribution in [2.45, 2.75) is 295 Å². The van der Waals surface area contributed by atoms with Gasteiger partial charge < -0.3 is 90.3 Å². The molecule has 0 aromatic heterocycles. The lowest BCUT2D eigenvalue weighted by Crippen LogP contribution is -2.50. The van der Waals surface area contributed by atoms with E-state index >= 15 is 0 Å². The number of unbranched alkanes of at least 4 members (excludes halogenated alkanes) is 12. The first kappa shape index (κ1) is 85.6. The number of nitrogens with one attached hydrogen (secondary N) is 3. The van der Waals surface area contributed by atoms with Crippen LogP contribution in [0.4, 0.5) is 4.79 Å². The maximum atomic E-state index is 12.7. The second-order valence-electron chi connectivity index (χ2n) is 28.0. The molecule has 3 amide bonds. The summed E-state index contributed by atoms with van der Waals surface area (Å²) in [5, 5.41) is 98.6. The highest BCUT2D eigenvalue weighted by molar-refractivity contribution is 5.78. The Hall–Kier alpha value is -3.66. The molecule has 0 aromatic rings. The van der Waals surface area contributed by atoms with Crippen molar-refractivity contribution < 1.29 is 103 Å². The second kappa shape index (κ2) is 50.6. The third-order valence-electron chi connectivity index (χ3n) is 20.1. The SMILES string of the molecule is CC1C(OCCCC(=O)CCCCCCCNC(=O)OCCCC(C)(CCCOC(=O)CCCCCCCNC(=O)CCCOC2CC(CO)C(O)C(O)C2C)CCCOC(=O)CCCCCCCNC(=O)CCCOC2CC(CO)C(O)C(O)C2C)CC(CO)C(O)C1O. The summed E-state index contributed by atoms with van der Waals surface area (Å²) in [5.74, 6) is -2.50. The molecule has 15 atom stereocenters. The zero-order valence-electron chi connectivity index (χ0n) is 58.4. The van der Waals surface area contributed by atoms with Crippen LogP contribution in [0, 0.1) is 40.9 Å². The number of carbonyl (C=O) groups excluding carboxylic acids is 6. The quantitative estimate of drug-likeness (QED) is 0.0174. The standard InChI is InChI=1S/C71H129N3O21/c1-50-57(44-53(47-75)67(86)64(50)83)90-38-20-27-56(78)26-14-8-5-13-19-37-74-70(89)95-43-25-34-71(4,32-23-41-93-62(81)30-15-9-6-11-17-35-72-60(79)28-21-39-91-58-45-54(48-76)68(87)65(84)51(58)2)33-24-42-94-63(82)31-16-10-7-12-18-36-73-61(80)29-22-40-92-59-46-55(49-77)69(88)66(85)52(59)3/h50-55,57-59,64-69,75-77,83-88H,5-49H2,1-4H3,(H,72,79)(H,73,80)(H,74,89). The Balaban J connectivity index is 1.26. The van der Waals surface area contributed by atoms with Crippen molar-refractivity contribution in [3.63, 3.8) is 0 Å². The average Bonchev–Trinajstić information content (AvgIpc) is 0.851. The van der Waals surface area contributed by atoms with Crippen molar-refractivity contribution in [1.29, 1.82) is 0 Å². The van der Waals surface area contributed by atoms with Gasteiger partial charge in [0.1, 0.15) is 5.78 Å². The fraction of sp³-hybridized carbons (Fsp3) is 0.915. The van der Waals surface area contributed by atoms with Gasteiger partial charge >= 0.3 is 18.0 Å². The van der Waals surface area contributed by atoms with Gasteiger partial charge in [-0.15, -0.1) is 0 Å². The van der Waals surface area contributed by atoms with Crippen molar-refractivity contribution >= 4 is 35.6 Å². The number of hydrogen-bond donors (Lipinski definition) is 12. The molecule has 0 bridgehead atoms. The largest absolute Gasteiger partial charge is 0.466 e. The number of esters is 2. The molecule has 15 unspecified atom stereocenters. The van der Waals surface area contributed by atoms with Crippen LogP contribution in [0.15, 0.2) is 0 Å². The first-order valence-electron chi connectivity index (χ1n) is 36.7. The topological polar surface area (TPSA) is 376 Å². The number of aliphatic hydroxyl groups is 9. The number of amides is 3. The van der Waals surface area contributed by atoms with Gasteiger partial charge in [0.05, 0.1) is 74.8 Å². The highest BCUT2D eigenvalue weighted by Gasteiger charge is 2.44. The molecule has 3 saturated carbocycles. The summed E-state index contributed by atoms with van der Waals surface area (Å²) in [7, 11) is 0. The van der Waals surface area contributed by atoms with Crippen LogP contribution in [0.25, 0.3) is 0 Å². The maximum Gasteiger partial charge on any atom is 0.407 e. The molecule has 24 nitrogen and oxygen atoms in total. The zero-order valence-corrected chi connectivity index (χ0v) is 58.4. The molecule has 0 heterocycles. The Morgan fingerprint density at radius 1 is 0.358 bits per heavy atom. The number of hydrogen-bond acceptors (Lipinski definition) is 21. The summed E-state index contributed by atoms with van der Waals surface area (Å²) in [6.07, 6.45) is 15.1. The van der Waals surface area contributed by atoms with Crippen LogP contribution in [-0.2, 0) is 52.4 Å². The first-order valence-corrected chi connectivity index (χ1v) is 36.7. The lowest BCUT2D eigenvalue weighted by Gasteiger charge is -2.40. The summed E-state index contributed by atoms with van der Waals surface area (Å²) in [6.45, 7) is 10.5. The van der Waals surface area contributed by atoms with Gasteiger partial charge in [-0.1, -0.05) is 85.5 Å². The number of alkyl carbamates (subject to hydrolysis) is 1. The van der Waals surface area contributed by atoms with Crippen LogP contribution < -0.4 is 16.0 Å². The van der Waals surface area contributed by atoms with Gasteiger partial charge in [0.25, 0.3) is 0 Å². The lowest BCUT2D eigenvalue weighted by atomic mass is 9.76. The van der Waals surface area contributed by atoms with Crippen molar-refractivity contribution in [3.8, 4) is 0 Å². The molecule has 0 radical (unpaired) electrons. The molecule has 554 valence electrons. The molecule has 3 aliphatic rings. The first-order chi connectivity index (χ1) is 45.6. The predicted molar refractivity (Wildman–Crippen MR) is 357 cm³/mol. The van der Waals surface area contributed by atoms with Gasteiger partial charge in [-0.3, -0.25) is 24.0 Å². The summed E-state index contributed by atoms with van der Waals surface area (Å²) in [6, 6.07) is 0. The van der Waals surface area contributed by atoms with E-state index in [-0.39, 0.29) is 111 Å².